The summed E-state index contributed by atoms with van der Waals surface area (Å²) < 4.78 is 25.2. The third-order valence-electron chi connectivity index (χ3n) is 4.72. The zero-order valence-corrected chi connectivity index (χ0v) is 13.9. The number of benzene rings is 1. The predicted molar refractivity (Wildman–Crippen MR) is 86.9 cm³/mol. The summed E-state index contributed by atoms with van der Waals surface area (Å²) in [5.41, 5.74) is 0.442. The van der Waals surface area contributed by atoms with Crippen molar-refractivity contribution in [3.8, 4) is 0 Å². The minimum atomic E-state index is -3.11. The van der Waals surface area contributed by atoms with Crippen molar-refractivity contribution in [2.45, 2.75) is 42.6 Å². The standard InChI is InChI=1S/C16H20ClNO3S/c17-15-9-5-4-8-14(15)16(19)18-10-13(11-18)22(20,21)12-6-2-1-3-7-12/h4-5,8-9,12-13H,1-3,6-7,10-11H2. The van der Waals surface area contributed by atoms with Crippen molar-refractivity contribution < 1.29 is 13.2 Å². The fourth-order valence-corrected chi connectivity index (χ4v) is 5.81. The van der Waals surface area contributed by atoms with Crippen molar-refractivity contribution in [3.05, 3.63) is 34.9 Å². The van der Waals surface area contributed by atoms with Gasteiger partial charge >= 0.3 is 0 Å². The first-order valence-electron chi connectivity index (χ1n) is 7.76. The summed E-state index contributed by atoms with van der Waals surface area (Å²) in [7, 11) is -3.11. The number of hydrogen-bond donors (Lipinski definition) is 0. The summed E-state index contributed by atoms with van der Waals surface area (Å²) in [5.74, 6) is -0.180. The van der Waals surface area contributed by atoms with Gasteiger partial charge in [-0.05, 0) is 25.0 Å². The number of carbonyl (C=O) groups is 1. The van der Waals surface area contributed by atoms with Gasteiger partial charge in [0.05, 0.1) is 21.1 Å². The fraction of sp³-hybridized carbons (Fsp3) is 0.562. The Kier molecular flexibility index (Phi) is 4.46. The van der Waals surface area contributed by atoms with Crippen molar-refractivity contribution in [2.24, 2.45) is 0 Å². The van der Waals surface area contributed by atoms with Crippen LogP contribution in [0.15, 0.2) is 24.3 Å². The van der Waals surface area contributed by atoms with Gasteiger partial charge in [-0.2, -0.15) is 0 Å². The fourth-order valence-electron chi connectivity index (χ4n) is 3.28. The summed E-state index contributed by atoms with van der Waals surface area (Å²) in [6, 6.07) is 6.87. The van der Waals surface area contributed by atoms with Crippen molar-refractivity contribution in [1.29, 1.82) is 0 Å². The monoisotopic (exact) mass is 341 g/mol. The van der Waals surface area contributed by atoms with Crippen LogP contribution in [0.2, 0.25) is 5.02 Å². The Balaban J connectivity index is 1.64. The van der Waals surface area contributed by atoms with Crippen LogP contribution in [0.3, 0.4) is 0 Å². The van der Waals surface area contributed by atoms with Gasteiger partial charge in [-0.25, -0.2) is 8.42 Å². The van der Waals surface area contributed by atoms with E-state index in [1.807, 2.05) is 0 Å². The molecular formula is C16H20ClNO3S. The summed E-state index contributed by atoms with van der Waals surface area (Å²) in [5, 5.41) is -0.197. The number of amides is 1. The molecule has 6 heteroatoms. The second-order valence-electron chi connectivity index (χ2n) is 6.16. The van der Waals surface area contributed by atoms with Crippen molar-refractivity contribution in [2.75, 3.05) is 13.1 Å². The normalized spacial score (nSPS) is 20.7. The average Bonchev–Trinajstić information content (AvgIpc) is 2.46. The van der Waals surface area contributed by atoms with E-state index in [9.17, 15) is 13.2 Å². The Morgan fingerprint density at radius 2 is 1.68 bits per heavy atom. The van der Waals surface area contributed by atoms with Gasteiger partial charge in [0.15, 0.2) is 9.84 Å². The Labute approximate surface area is 136 Å². The molecule has 1 amide bonds. The van der Waals surface area contributed by atoms with Crippen LogP contribution in [0, 0.1) is 0 Å². The highest BCUT2D eigenvalue weighted by Gasteiger charge is 2.43. The molecule has 0 spiro atoms. The van der Waals surface area contributed by atoms with Crippen molar-refractivity contribution >= 4 is 27.3 Å². The van der Waals surface area contributed by atoms with E-state index in [0.29, 0.717) is 23.7 Å². The molecular weight excluding hydrogens is 322 g/mol. The number of nitrogens with zero attached hydrogens (tertiary/aromatic N) is 1. The molecule has 2 aliphatic rings. The molecule has 0 atom stereocenters. The van der Waals surface area contributed by atoms with Gasteiger partial charge < -0.3 is 4.90 Å². The molecule has 0 aromatic heterocycles. The molecule has 22 heavy (non-hydrogen) atoms. The SMILES string of the molecule is O=C(c1ccccc1Cl)N1CC(S(=O)(=O)C2CCCCC2)C1. The third-order valence-corrected chi connectivity index (χ3v) is 7.68. The smallest absolute Gasteiger partial charge is 0.255 e. The second kappa shape index (κ2) is 6.20. The van der Waals surface area contributed by atoms with E-state index in [1.165, 1.54) is 0 Å². The molecule has 1 aliphatic heterocycles. The lowest BCUT2D eigenvalue weighted by Crippen LogP contribution is -2.58. The molecule has 1 aromatic rings. The average molecular weight is 342 g/mol. The lowest BCUT2D eigenvalue weighted by atomic mass is 10.0. The van der Waals surface area contributed by atoms with Gasteiger partial charge in [0.1, 0.15) is 0 Å². The van der Waals surface area contributed by atoms with Crippen LogP contribution in [0.1, 0.15) is 42.5 Å². The molecule has 2 fully saturated rings. The number of likely N-dealkylation sites (tertiary alicyclic amines) is 1. The van der Waals surface area contributed by atoms with Crippen LogP contribution in [0.25, 0.3) is 0 Å². The molecule has 120 valence electrons. The third kappa shape index (κ3) is 2.88. The van der Waals surface area contributed by atoms with Gasteiger partial charge in [0.2, 0.25) is 0 Å². The number of sulfone groups is 1. The first-order chi connectivity index (χ1) is 10.5. The first kappa shape index (κ1) is 15.8. The minimum Gasteiger partial charge on any atom is -0.336 e. The van der Waals surface area contributed by atoms with E-state index in [4.69, 9.17) is 11.6 Å². The molecule has 0 unspecified atom stereocenters. The highest BCUT2D eigenvalue weighted by Crippen LogP contribution is 2.30. The highest BCUT2D eigenvalue weighted by atomic mass is 35.5. The van der Waals surface area contributed by atoms with E-state index >= 15 is 0 Å². The van der Waals surface area contributed by atoms with E-state index < -0.39 is 15.1 Å². The van der Waals surface area contributed by atoms with Gasteiger partial charge in [0, 0.05) is 13.1 Å². The lowest BCUT2D eigenvalue weighted by molar-refractivity contribution is 0.0658. The van der Waals surface area contributed by atoms with Gasteiger partial charge in [-0.3, -0.25) is 4.79 Å². The molecule has 0 N–H and O–H groups in total. The van der Waals surface area contributed by atoms with Gasteiger partial charge in [-0.15, -0.1) is 0 Å². The highest BCUT2D eigenvalue weighted by molar-refractivity contribution is 7.92. The molecule has 0 radical (unpaired) electrons. The largest absolute Gasteiger partial charge is 0.336 e. The maximum Gasteiger partial charge on any atom is 0.255 e. The number of halogens is 1. The number of hydrogen-bond acceptors (Lipinski definition) is 3. The van der Waals surface area contributed by atoms with E-state index in [-0.39, 0.29) is 11.2 Å². The van der Waals surface area contributed by atoms with Crippen LogP contribution in [0.4, 0.5) is 0 Å². The van der Waals surface area contributed by atoms with Crippen LogP contribution >= 0.6 is 11.6 Å². The molecule has 1 heterocycles. The Morgan fingerprint density at radius 3 is 2.32 bits per heavy atom. The zero-order chi connectivity index (χ0) is 15.7. The minimum absolute atomic E-state index is 0.180. The van der Waals surface area contributed by atoms with E-state index in [1.54, 1.807) is 29.2 Å². The van der Waals surface area contributed by atoms with Gasteiger partial charge in [0.25, 0.3) is 5.91 Å². The van der Waals surface area contributed by atoms with Crippen molar-refractivity contribution in [3.63, 3.8) is 0 Å². The Morgan fingerprint density at radius 1 is 1.05 bits per heavy atom. The van der Waals surface area contributed by atoms with Crippen LogP contribution in [-0.4, -0.2) is 42.8 Å². The van der Waals surface area contributed by atoms with Crippen LogP contribution in [0.5, 0.6) is 0 Å². The molecule has 1 saturated heterocycles. The summed E-state index contributed by atoms with van der Waals surface area (Å²) in [6.45, 7) is 0.589. The summed E-state index contributed by atoms with van der Waals surface area (Å²) in [6.07, 6.45) is 4.68. The maximum atomic E-state index is 12.6. The predicted octanol–water partition coefficient (Wildman–Crippen LogP) is 2.91. The second-order valence-corrected chi connectivity index (χ2v) is 9.08. The number of rotatable bonds is 3. The molecule has 3 rings (SSSR count). The van der Waals surface area contributed by atoms with Gasteiger partial charge in [-0.1, -0.05) is 43.0 Å². The van der Waals surface area contributed by atoms with E-state index in [2.05, 4.69) is 0 Å². The van der Waals surface area contributed by atoms with Crippen LogP contribution < -0.4 is 0 Å². The molecule has 0 bridgehead atoms. The quantitative estimate of drug-likeness (QED) is 0.849. The maximum absolute atomic E-state index is 12.6. The summed E-state index contributed by atoms with van der Waals surface area (Å²) >= 11 is 6.03. The molecule has 1 aromatic carbocycles. The Hall–Kier alpha value is -1.07. The van der Waals surface area contributed by atoms with E-state index in [0.717, 1.165) is 32.1 Å². The van der Waals surface area contributed by atoms with Crippen molar-refractivity contribution in [1.82, 2.24) is 4.90 Å². The Bertz CT molecular complexity index is 662. The molecule has 1 aliphatic carbocycles. The number of carbonyl (C=O) groups excluding carboxylic acids is 1. The zero-order valence-electron chi connectivity index (χ0n) is 12.4. The molecule has 1 saturated carbocycles. The lowest BCUT2D eigenvalue weighted by Gasteiger charge is -2.41. The summed E-state index contributed by atoms with van der Waals surface area (Å²) in [4.78, 5) is 13.9. The van der Waals surface area contributed by atoms with Crippen LogP contribution in [-0.2, 0) is 9.84 Å². The molecule has 4 nitrogen and oxygen atoms in total. The topological polar surface area (TPSA) is 54.5 Å². The first-order valence-corrected chi connectivity index (χ1v) is 9.75.